The number of rotatable bonds is 8. The Kier molecular flexibility index (Phi) is 6.94. The van der Waals surface area contributed by atoms with Gasteiger partial charge in [0.2, 0.25) is 5.95 Å². The van der Waals surface area contributed by atoms with Gasteiger partial charge in [-0.05, 0) is 80.2 Å². The van der Waals surface area contributed by atoms with Crippen molar-refractivity contribution in [3.05, 3.63) is 35.8 Å². The fourth-order valence-corrected chi connectivity index (χ4v) is 5.32. The number of hydrogen-bond acceptors (Lipinski definition) is 10. The van der Waals surface area contributed by atoms with Crippen LogP contribution in [-0.4, -0.2) is 73.8 Å². The summed E-state index contributed by atoms with van der Waals surface area (Å²) >= 11 is 0. The van der Waals surface area contributed by atoms with Crippen LogP contribution in [-0.2, 0) is 0 Å². The molecule has 2 aliphatic rings. The standard InChI is InChI=1S/C24H32N10O2/c1-15-30-31-32-34(15)20-12-17(8-9-21(20)36-2)28-24-27-14-18(22(25)35)23(29-24)26-13-16-6-5-11-33-10-4-3-7-19(16)33/h8-9,12,14,16,19H,3-7,10-11,13H2,1-2H3,(H2,25,35)(H2,26,27,28,29)/t16-,19+/m0/s1. The molecule has 1 aromatic carbocycles. The third-order valence-electron chi connectivity index (χ3n) is 7.10. The lowest BCUT2D eigenvalue weighted by atomic mass is 9.83. The van der Waals surface area contributed by atoms with Crippen LogP contribution in [0.1, 0.15) is 48.3 Å². The molecule has 0 radical (unpaired) electrons. The highest BCUT2D eigenvalue weighted by molar-refractivity contribution is 5.97. The number of methoxy groups -OCH3 is 1. The van der Waals surface area contributed by atoms with Crippen molar-refractivity contribution in [2.75, 3.05) is 37.4 Å². The van der Waals surface area contributed by atoms with E-state index in [4.69, 9.17) is 10.5 Å². The number of nitrogens with one attached hydrogen (secondary N) is 2. The molecule has 0 spiro atoms. The van der Waals surface area contributed by atoms with E-state index in [1.54, 1.807) is 11.8 Å². The molecular weight excluding hydrogens is 460 g/mol. The second-order valence-corrected chi connectivity index (χ2v) is 9.35. The number of primary amides is 1. The van der Waals surface area contributed by atoms with Crippen LogP contribution in [0, 0.1) is 12.8 Å². The zero-order valence-corrected chi connectivity index (χ0v) is 20.6. The Morgan fingerprint density at radius 1 is 1.22 bits per heavy atom. The van der Waals surface area contributed by atoms with Gasteiger partial charge < -0.3 is 26.0 Å². The number of hydrogen-bond donors (Lipinski definition) is 3. The molecule has 0 aliphatic carbocycles. The van der Waals surface area contributed by atoms with Crippen LogP contribution in [0.25, 0.3) is 5.69 Å². The van der Waals surface area contributed by atoms with E-state index < -0.39 is 5.91 Å². The lowest BCUT2D eigenvalue weighted by Gasteiger charge is -2.44. The molecule has 2 atom stereocenters. The summed E-state index contributed by atoms with van der Waals surface area (Å²) in [5.74, 6) is 1.97. The fraction of sp³-hybridized carbons (Fsp3) is 0.500. The summed E-state index contributed by atoms with van der Waals surface area (Å²) < 4.78 is 7.07. The van der Waals surface area contributed by atoms with Crippen molar-refractivity contribution >= 4 is 23.4 Å². The summed E-state index contributed by atoms with van der Waals surface area (Å²) in [6, 6.07) is 6.10. The minimum absolute atomic E-state index is 0.275. The molecule has 4 N–H and O–H groups in total. The lowest BCUT2D eigenvalue weighted by Crippen LogP contribution is -2.49. The quantitative estimate of drug-likeness (QED) is 0.427. The number of nitrogens with zero attached hydrogens (tertiary/aromatic N) is 7. The molecule has 12 nitrogen and oxygen atoms in total. The Labute approximate surface area is 209 Å². The normalized spacial score (nSPS) is 19.9. The van der Waals surface area contributed by atoms with Gasteiger partial charge in [0, 0.05) is 24.5 Å². The SMILES string of the molecule is COc1ccc(Nc2ncc(C(N)=O)c(NC[C@@H]3CCCN4CCCC[C@H]34)n2)cc1-n1nnnc1C. The summed E-state index contributed by atoms with van der Waals surface area (Å²) in [5.41, 5.74) is 7.29. The number of fused-ring (bicyclic) bond motifs is 1. The number of piperidine rings is 2. The molecule has 12 heteroatoms. The minimum Gasteiger partial charge on any atom is -0.494 e. The number of nitrogens with two attached hydrogens (primary N) is 1. The molecule has 2 aliphatic heterocycles. The number of benzene rings is 1. The van der Waals surface area contributed by atoms with Crippen molar-refractivity contribution in [3.63, 3.8) is 0 Å². The van der Waals surface area contributed by atoms with Gasteiger partial charge in [-0.1, -0.05) is 6.42 Å². The molecule has 190 valence electrons. The van der Waals surface area contributed by atoms with Crippen LogP contribution in [0.15, 0.2) is 24.4 Å². The Morgan fingerprint density at radius 2 is 2.08 bits per heavy atom. The molecule has 2 aromatic heterocycles. The topological polar surface area (TPSA) is 149 Å². The van der Waals surface area contributed by atoms with Crippen LogP contribution < -0.4 is 21.1 Å². The molecule has 2 saturated heterocycles. The highest BCUT2D eigenvalue weighted by Crippen LogP contribution is 2.32. The fourth-order valence-electron chi connectivity index (χ4n) is 5.32. The molecule has 4 heterocycles. The number of carbonyl (C=O) groups is 1. The number of aromatic nitrogens is 6. The Bertz CT molecular complexity index is 1230. The van der Waals surface area contributed by atoms with Gasteiger partial charge in [-0.2, -0.15) is 9.67 Å². The van der Waals surface area contributed by atoms with E-state index in [0.717, 1.165) is 6.54 Å². The predicted molar refractivity (Wildman–Crippen MR) is 135 cm³/mol. The van der Waals surface area contributed by atoms with Crippen LogP contribution >= 0.6 is 0 Å². The van der Waals surface area contributed by atoms with Crippen LogP contribution in [0.4, 0.5) is 17.5 Å². The third-order valence-corrected chi connectivity index (χ3v) is 7.10. The number of anilines is 3. The Balaban J connectivity index is 1.36. The van der Waals surface area contributed by atoms with Gasteiger partial charge in [-0.15, -0.1) is 5.10 Å². The second-order valence-electron chi connectivity index (χ2n) is 9.35. The summed E-state index contributed by atoms with van der Waals surface area (Å²) in [6.45, 7) is 4.91. The molecule has 36 heavy (non-hydrogen) atoms. The van der Waals surface area contributed by atoms with Crippen molar-refractivity contribution in [1.82, 2.24) is 35.1 Å². The maximum absolute atomic E-state index is 12.1. The first-order valence-electron chi connectivity index (χ1n) is 12.4. The van der Waals surface area contributed by atoms with E-state index in [1.165, 1.54) is 51.4 Å². The first-order valence-corrected chi connectivity index (χ1v) is 12.4. The smallest absolute Gasteiger partial charge is 0.254 e. The third kappa shape index (κ3) is 4.94. The van der Waals surface area contributed by atoms with Crippen LogP contribution in [0.5, 0.6) is 5.75 Å². The molecule has 1 amide bonds. The molecular formula is C24H32N10O2. The number of tetrazole rings is 1. The van der Waals surface area contributed by atoms with Crippen molar-refractivity contribution < 1.29 is 9.53 Å². The van der Waals surface area contributed by atoms with Crippen molar-refractivity contribution in [2.24, 2.45) is 11.7 Å². The van der Waals surface area contributed by atoms with E-state index in [2.05, 4.69) is 41.0 Å². The van der Waals surface area contributed by atoms with Gasteiger partial charge in [-0.3, -0.25) is 4.79 Å². The summed E-state index contributed by atoms with van der Waals surface area (Å²) in [4.78, 5) is 23.6. The monoisotopic (exact) mass is 492 g/mol. The molecule has 0 unspecified atom stereocenters. The molecule has 5 rings (SSSR count). The van der Waals surface area contributed by atoms with Gasteiger partial charge in [0.05, 0.1) is 12.7 Å². The highest BCUT2D eigenvalue weighted by Gasteiger charge is 2.33. The maximum Gasteiger partial charge on any atom is 0.254 e. The minimum atomic E-state index is -0.562. The van der Waals surface area contributed by atoms with E-state index in [-0.39, 0.29) is 5.56 Å². The van der Waals surface area contributed by atoms with Crippen LogP contribution in [0.3, 0.4) is 0 Å². The van der Waals surface area contributed by atoms with Gasteiger partial charge in [0.15, 0.2) is 5.82 Å². The van der Waals surface area contributed by atoms with Gasteiger partial charge in [0.1, 0.15) is 17.3 Å². The van der Waals surface area contributed by atoms with E-state index in [0.29, 0.717) is 46.7 Å². The average Bonchev–Trinajstić information content (AvgIpc) is 3.33. The average molecular weight is 493 g/mol. The highest BCUT2D eigenvalue weighted by atomic mass is 16.5. The number of ether oxygens (including phenoxy) is 1. The molecule has 3 aromatic rings. The molecule has 0 bridgehead atoms. The molecule has 2 fully saturated rings. The Morgan fingerprint density at radius 3 is 2.86 bits per heavy atom. The van der Waals surface area contributed by atoms with Gasteiger partial charge in [-0.25, -0.2) is 4.98 Å². The number of carbonyl (C=O) groups excluding carboxylic acids is 1. The van der Waals surface area contributed by atoms with E-state index in [1.807, 2.05) is 25.1 Å². The van der Waals surface area contributed by atoms with Gasteiger partial charge >= 0.3 is 0 Å². The van der Waals surface area contributed by atoms with Crippen LogP contribution in [0.2, 0.25) is 0 Å². The largest absolute Gasteiger partial charge is 0.494 e. The first kappa shape index (κ1) is 23.9. The zero-order valence-electron chi connectivity index (χ0n) is 20.6. The molecule has 0 saturated carbocycles. The summed E-state index contributed by atoms with van der Waals surface area (Å²) in [6.07, 6.45) is 7.61. The van der Waals surface area contributed by atoms with E-state index >= 15 is 0 Å². The maximum atomic E-state index is 12.1. The summed E-state index contributed by atoms with van der Waals surface area (Å²) in [7, 11) is 1.59. The predicted octanol–water partition coefficient (Wildman–Crippen LogP) is 2.29. The van der Waals surface area contributed by atoms with Crippen molar-refractivity contribution in [2.45, 2.75) is 45.1 Å². The summed E-state index contributed by atoms with van der Waals surface area (Å²) in [5, 5.41) is 18.3. The Hall–Kier alpha value is -3.80. The number of aryl methyl sites for hydroxylation is 1. The van der Waals surface area contributed by atoms with Gasteiger partial charge in [0.25, 0.3) is 5.91 Å². The zero-order chi connectivity index (χ0) is 25.1. The lowest BCUT2D eigenvalue weighted by molar-refractivity contribution is 0.0649. The first-order chi connectivity index (χ1) is 17.5. The van der Waals surface area contributed by atoms with E-state index in [9.17, 15) is 4.79 Å². The van der Waals surface area contributed by atoms with Crippen molar-refractivity contribution in [3.8, 4) is 11.4 Å². The second kappa shape index (κ2) is 10.4. The van der Waals surface area contributed by atoms with Crippen molar-refractivity contribution in [1.29, 1.82) is 0 Å². The number of amides is 1.